The highest BCUT2D eigenvalue weighted by Gasteiger charge is 2.11. The zero-order chi connectivity index (χ0) is 14.7. The minimum absolute atomic E-state index is 0.492. The van der Waals surface area contributed by atoms with Crippen LogP contribution in [0.4, 0.5) is 0 Å². The fourth-order valence-corrected chi connectivity index (χ4v) is 2.35. The normalized spacial score (nSPS) is 10.6. The molecule has 0 unspecified atom stereocenters. The summed E-state index contributed by atoms with van der Waals surface area (Å²) < 4.78 is 7.52. The van der Waals surface area contributed by atoms with Gasteiger partial charge < -0.3 is 10.5 Å². The second kappa shape index (κ2) is 5.81. The summed E-state index contributed by atoms with van der Waals surface area (Å²) in [5.74, 6) is 1.67. The topological polar surface area (TPSA) is 53.1 Å². The maximum absolute atomic E-state index is 5.69. The molecule has 106 valence electrons. The first-order valence-electron chi connectivity index (χ1n) is 6.79. The van der Waals surface area contributed by atoms with Gasteiger partial charge in [-0.05, 0) is 17.7 Å². The summed E-state index contributed by atoms with van der Waals surface area (Å²) in [6.07, 6.45) is 3.72. The van der Waals surface area contributed by atoms with E-state index in [0.29, 0.717) is 6.54 Å². The number of methoxy groups -OCH3 is 1. The Hall–Kier alpha value is -2.59. The molecule has 2 aromatic carbocycles. The Balaban J connectivity index is 2.12. The van der Waals surface area contributed by atoms with Crippen molar-refractivity contribution >= 4 is 0 Å². The van der Waals surface area contributed by atoms with Gasteiger partial charge in [-0.15, -0.1) is 0 Å². The molecule has 0 aliphatic heterocycles. The molecule has 4 nitrogen and oxygen atoms in total. The molecule has 4 heteroatoms. The first-order valence-corrected chi connectivity index (χ1v) is 6.79. The molecule has 0 saturated heterocycles. The Morgan fingerprint density at radius 3 is 2.67 bits per heavy atom. The van der Waals surface area contributed by atoms with E-state index in [1.54, 1.807) is 13.3 Å². The van der Waals surface area contributed by atoms with Gasteiger partial charge in [0, 0.05) is 24.5 Å². The molecule has 3 aromatic rings. The minimum atomic E-state index is 0.492. The third-order valence-corrected chi connectivity index (χ3v) is 3.41. The molecule has 1 aromatic heterocycles. The molecule has 3 rings (SSSR count). The molecular formula is C17H17N3O. The average molecular weight is 279 g/mol. The molecule has 0 aliphatic rings. The van der Waals surface area contributed by atoms with Gasteiger partial charge in [0.25, 0.3) is 0 Å². The van der Waals surface area contributed by atoms with Crippen LogP contribution in [0.1, 0.15) is 5.56 Å². The van der Waals surface area contributed by atoms with Gasteiger partial charge in [-0.3, -0.25) is 4.57 Å². The average Bonchev–Trinajstić information content (AvgIpc) is 3.04. The Morgan fingerprint density at radius 2 is 1.95 bits per heavy atom. The summed E-state index contributed by atoms with van der Waals surface area (Å²) in [7, 11) is 1.66. The van der Waals surface area contributed by atoms with Crippen molar-refractivity contribution in [2.75, 3.05) is 7.11 Å². The molecule has 2 N–H and O–H groups in total. The Labute approximate surface area is 123 Å². The molecular weight excluding hydrogens is 262 g/mol. The van der Waals surface area contributed by atoms with Gasteiger partial charge in [0.1, 0.15) is 11.6 Å². The number of rotatable bonds is 4. The van der Waals surface area contributed by atoms with Crippen molar-refractivity contribution in [3.05, 3.63) is 66.5 Å². The van der Waals surface area contributed by atoms with Gasteiger partial charge in [-0.1, -0.05) is 36.4 Å². The van der Waals surface area contributed by atoms with E-state index in [1.165, 1.54) is 0 Å². The number of hydrogen-bond donors (Lipinski definition) is 1. The highest BCUT2D eigenvalue weighted by Crippen LogP contribution is 2.28. The summed E-state index contributed by atoms with van der Waals surface area (Å²) in [5, 5.41) is 0. The van der Waals surface area contributed by atoms with Gasteiger partial charge in [0.2, 0.25) is 0 Å². The quantitative estimate of drug-likeness (QED) is 0.798. The molecule has 0 fully saturated rings. The van der Waals surface area contributed by atoms with E-state index in [2.05, 4.69) is 4.98 Å². The number of aromatic nitrogens is 2. The molecule has 21 heavy (non-hydrogen) atoms. The van der Waals surface area contributed by atoms with E-state index in [4.69, 9.17) is 10.5 Å². The van der Waals surface area contributed by atoms with Crippen LogP contribution in [0.25, 0.3) is 17.1 Å². The van der Waals surface area contributed by atoms with Gasteiger partial charge in [0.15, 0.2) is 0 Å². The molecule has 0 saturated carbocycles. The summed E-state index contributed by atoms with van der Waals surface area (Å²) in [5.41, 5.74) is 8.74. The maximum atomic E-state index is 5.69. The van der Waals surface area contributed by atoms with Crippen LogP contribution in [-0.4, -0.2) is 16.7 Å². The standard InChI is InChI=1S/C17H17N3O/c1-21-16-11-13(12-18)7-8-15(16)20-10-9-19-17(20)14-5-3-2-4-6-14/h2-11H,12,18H2,1H3. The molecule has 0 bridgehead atoms. The highest BCUT2D eigenvalue weighted by molar-refractivity contribution is 5.61. The predicted molar refractivity (Wildman–Crippen MR) is 83.4 cm³/mol. The molecule has 0 aliphatic carbocycles. The Kier molecular flexibility index (Phi) is 3.71. The van der Waals surface area contributed by atoms with Crippen molar-refractivity contribution in [1.82, 2.24) is 9.55 Å². The number of imidazole rings is 1. The second-order valence-corrected chi connectivity index (χ2v) is 4.70. The van der Waals surface area contributed by atoms with Crippen LogP contribution in [0.3, 0.4) is 0 Å². The number of ether oxygens (including phenoxy) is 1. The summed E-state index contributed by atoms with van der Waals surface area (Å²) in [6, 6.07) is 16.1. The molecule has 0 atom stereocenters. The first-order chi connectivity index (χ1) is 10.3. The van der Waals surface area contributed by atoms with Crippen molar-refractivity contribution in [2.45, 2.75) is 6.54 Å². The van der Waals surface area contributed by atoms with Crippen LogP contribution >= 0.6 is 0 Å². The number of nitrogens with two attached hydrogens (primary N) is 1. The zero-order valence-corrected chi connectivity index (χ0v) is 11.9. The van der Waals surface area contributed by atoms with Crippen molar-refractivity contribution in [2.24, 2.45) is 5.73 Å². The molecule has 0 amide bonds. The lowest BCUT2D eigenvalue weighted by molar-refractivity contribution is 0.412. The SMILES string of the molecule is COc1cc(CN)ccc1-n1ccnc1-c1ccccc1. The molecule has 1 heterocycles. The minimum Gasteiger partial charge on any atom is -0.495 e. The number of benzene rings is 2. The summed E-state index contributed by atoms with van der Waals surface area (Å²) in [4.78, 5) is 4.46. The number of nitrogens with zero attached hydrogens (tertiary/aromatic N) is 2. The van der Waals surface area contributed by atoms with E-state index in [-0.39, 0.29) is 0 Å². The summed E-state index contributed by atoms with van der Waals surface area (Å²) >= 11 is 0. The van der Waals surface area contributed by atoms with Crippen LogP contribution in [0.5, 0.6) is 5.75 Å². The zero-order valence-electron chi connectivity index (χ0n) is 11.9. The van der Waals surface area contributed by atoms with Crippen LogP contribution in [0.15, 0.2) is 60.9 Å². The maximum Gasteiger partial charge on any atom is 0.144 e. The third-order valence-electron chi connectivity index (χ3n) is 3.41. The molecule has 0 radical (unpaired) electrons. The van der Waals surface area contributed by atoms with E-state index in [1.807, 2.05) is 59.3 Å². The van der Waals surface area contributed by atoms with Crippen molar-refractivity contribution in [1.29, 1.82) is 0 Å². The van der Waals surface area contributed by atoms with E-state index in [9.17, 15) is 0 Å². The van der Waals surface area contributed by atoms with Crippen LogP contribution in [0.2, 0.25) is 0 Å². The van der Waals surface area contributed by atoms with E-state index in [0.717, 1.165) is 28.4 Å². The third kappa shape index (κ3) is 2.53. The first kappa shape index (κ1) is 13.4. The smallest absolute Gasteiger partial charge is 0.144 e. The van der Waals surface area contributed by atoms with E-state index >= 15 is 0 Å². The largest absolute Gasteiger partial charge is 0.495 e. The van der Waals surface area contributed by atoms with Crippen LogP contribution in [0, 0.1) is 0 Å². The number of hydrogen-bond acceptors (Lipinski definition) is 3. The van der Waals surface area contributed by atoms with Crippen LogP contribution < -0.4 is 10.5 Å². The van der Waals surface area contributed by atoms with E-state index < -0.39 is 0 Å². The molecule has 0 spiro atoms. The van der Waals surface area contributed by atoms with Gasteiger partial charge >= 0.3 is 0 Å². The van der Waals surface area contributed by atoms with Crippen molar-refractivity contribution in [3.63, 3.8) is 0 Å². The predicted octanol–water partition coefficient (Wildman–Crippen LogP) is 3.01. The highest BCUT2D eigenvalue weighted by atomic mass is 16.5. The lowest BCUT2D eigenvalue weighted by Crippen LogP contribution is -2.02. The lowest BCUT2D eigenvalue weighted by atomic mass is 10.1. The summed E-state index contributed by atoms with van der Waals surface area (Å²) in [6.45, 7) is 0.492. The lowest BCUT2D eigenvalue weighted by Gasteiger charge is -2.13. The Bertz CT molecular complexity index is 735. The van der Waals surface area contributed by atoms with Crippen molar-refractivity contribution < 1.29 is 4.74 Å². The van der Waals surface area contributed by atoms with Gasteiger partial charge in [0.05, 0.1) is 12.8 Å². The fourth-order valence-electron chi connectivity index (χ4n) is 2.35. The monoisotopic (exact) mass is 279 g/mol. The Morgan fingerprint density at radius 1 is 1.14 bits per heavy atom. The fraction of sp³-hybridized carbons (Fsp3) is 0.118. The van der Waals surface area contributed by atoms with Gasteiger partial charge in [-0.25, -0.2) is 4.98 Å². The second-order valence-electron chi connectivity index (χ2n) is 4.70. The van der Waals surface area contributed by atoms with Gasteiger partial charge in [-0.2, -0.15) is 0 Å². The van der Waals surface area contributed by atoms with Crippen molar-refractivity contribution in [3.8, 4) is 22.8 Å². The van der Waals surface area contributed by atoms with Crippen LogP contribution in [-0.2, 0) is 6.54 Å².